The van der Waals surface area contributed by atoms with E-state index in [1.807, 2.05) is 6.92 Å². The van der Waals surface area contributed by atoms with E-state index in [0.29, 0.717) is 16.7 Å². The normalized spacial score (nSPS) is 33.2. The monoisotopic (exact) mass is 345 g/mol. The molecule has 0 bridgehead atoms. The van der Waals surface area contributed by atoms with Crippen molar-refractivity contribution in [2.75, 3.05) is 0 Å². The zero-order valence-corrected chi connectivity index (χ0v) is 17.2. The first-order chi connectivity index (χ1) is 11.7. The van der Waals surface area contributed by atoms with Gasteiger partial charge in [0.05, 0.1) is 5.71 Å². The second-order valence-electron chi connectivity index (χ2n) is 9.61. The summed E-state index contributed by atoms with van der Waals surface area (Å²) in [4.78, 5) is 0. The van der Waals surface area contributed by atoms with E-state index in [2.05, 4.69) is 45.5 Å². The van der Waals surface area contributed by atoms with Gasteiger partial charge in [-0.15, -0.1) is 0 Å². The van der Waals surface area contributed by atoms with E-state index in [1.165, 1.54) is 56.1 Å². The fourth-order valence-corrected chi connectivity index (χ4v) is 5.86. The van der Waals surface area contributed by atoms with Gasteiger partial charge in [0.15, 0.2) is 0 Å². The molecule has 2 nitrogen and oxygen atoms in total. The van der Waals surface area contributed by atoms with E-state index < -0.39 is 0 Å². The first-order valence-corrected chi connectivity index (χ1v) is 10.2. The van der Waals surface area contributed by atoms with Crippen LogP contribution in [0.5, 0.6) is 0 Å². The lowest BCUT2D eigenvalue weighted by atomic mass is 9.47. The number of rotatable bonds is 6. The summed E-state index contributed by atoms with van der Waals surface area (Å²) in [5, 5.41) is 12.0. The number of hydrogen-bond acceptors (Lipinski definition) is 2. The van der Waals surface area contributed by atoms with Gasteiger partial charge in [0.2, 0.25) is 0 Å². The van der Waals surface area contributed by atoms with Crippen molar-refractivity contribution in [1.29, 1.82) is 0 Å². The molecule has 25 heavy (non-hydrogen) atoms. The molecule has 2 aliphatic rings. The number of nitrogens with zero attached hydrogens (tertiary/aromatic N) is 1. The van der Waals surface area contributed by atoms with Crippen LogP contribution in [0.25, 0.3) is 0 Å². The minimum Gasteiger partial charge on any atom is -0.411 e. The number of fused-ring (bicyclic) bond motifs is 1. The van der Waals surface area contributed by atoms with Gasteiger partial charge in [-0.1, -0.05) is 56.1 Å². The van der Waals surface area contributed by atoms with E-state index in [9.17, 15) is 0 Å². The van der Waals surface area contributed by atoms with Crippen LogP contribution in [0.4, 0.5) is 0 Å². The molecule has 0 unspecified atom stereocenters. The van der Waals surface area contributed by atoms with E-state index in [4.69, 9.17) is 5.21 Å². The van der Waals surface area contributed by atoms with Gasteiger partial charge in [0, 0.05) is 0 Å². The van der Waals surface area contributed by atoms with Crippen LogP contribution in [0.1, 0.15) is 92.4 Å². The quantitative estimate of drug-likeness (QED) is 0.236. The lowest BCUT2D eigenvalue weighted by Gasteiger charge is -2.58. The number of allylic oxidation sites excluding steroid dienone is 3. The molecule has 0 saturated heterocycles. The van der Waals surface area contributed by atoms with Crippen LogP contribution >= 0.6 is 0 Å². The van der Waals surface area contributed by atoms with Crippen molar-refractivity contribution < 1.29 is 5.21 Å². The minimum atomic E-state index is 0.442. The summed E-state index contributed by atoms with van der Waals surface area (Å²) in [7, 11) is 0. The van der Waals surface area contributed by atoms with Crippen LogP contribution in [0.3, 0.4) is 0 Å². The third-order valence-corrected chi connectivity index (χ3v) is 7.32. The molecule has 2 saturated carbocycles. The predicted molar refractivity (Wildman–Crippen MR) is 108 cm³/mol. The molecule has 0 aromatic carbocycles. The maximum Gasteiger partial charge on any atom is 0.0543 e. The summed E-state index contributed by atoms with van der Waals surface area (Å²) in [6.45, 7) is 16.2. The Balaban J connectivity index is 2.02. The predicted octanol–water partition coefficient (Wildman–Crippen LogP) is 7.14. The third-order valence-electron chi connectivity index (χ3n) is 7.32. The molecule has 2 heteroatoms. The van der Waals surface area contributed by atoms with Crippen LogP contribution in [0, 0.1) is 22.7 Å². The Labute approximate surface area is 155 Å². The zero-order valence-electron chi connectivity index (χ0n) is 17.2. The van der Waals surface area contributed by atoms with Gasteiger partial charge < -0.3 is 5.21 Å². The molecular weight excluding hydrogens is 306 g/mol. The van der Waals surface area contributed by atoms with Crippen LogP contribution in [-0.2, 0) is 0 Å². The van der Waals surface area contributed by atoms with Crippen LogP contribution in [-0.4, -0.2) is 10.9 Å². The van der Waals surface area contributed by atoms with Crippen molar-refractivity contribution in [3.63, 3.8) is 0 Å². The van der Waals surface area contributed by atoms with Gasteiger partial charge in [-0.3, -0.25) is 0 Å². The highest BCUT2D eigenvalue weighted by Gasteiger charge is 2.52. The maximum atomic E-state index is 8.74. The Morgan fingerprint density at radius 2 is 1.96 bits per heavy atom. The molecule has 0 aromatic rings. The van der Waals surface area contributed by atoms with Gasteiger partial charge >= 0.3 is 0 Å². The van der Waals surface area contributed by atoms with Crippen molar-refractivity contribution in [1.82, 2.24) is 0 Å². The molecule has 0 aliphatic heterocycles. The van der Waals surface area contributed by atoms with Crippen molar-refractivity contribution in [2.24, 2.45) is 27.8 Å². The van der Waals surface area contributed by atoms with E-state index in [1.54, 1.807) is 0 Å². The average Bonchev–Trinajstić information content (AvgIpc) is 2.53. The molecule has 0 aromatic heterocycles. The largest absolute Gasteiger partial charge is 0.411 e. The highest BCUT2D eigenvalue weighted by molar-refractivity contribution is 5.81. The lowest BCUT2D eigenvalue weighted by molar-refractivity contribution is -0.0539. The van der Waals surface area contributed by atoms with E-state index in [0.717, 1.165) is 24.5 Å². The Morgan fingerprint density at radius 1 is 1.24 bits per heavy atom. The second-order valence-corrected chi connectivity index (χ2v) is 9.61. The fraction of sp³-hybridized carbons (Fsp3) is 0.783. The topological polar surface area (TPSA) is 32.6 Å². The van der Waals surface area contributed by atoms with E-state index >= 15 is 0 Å². The molecule has 2 rings (SSSR count). The average molecular weight is 346 g/mol. The third kappa shape index (κ3) is 4.57. The molecule has 2 fully saturated rings. The summed E-state index contributed by atoms with van der Waals surface area (Å²) in [5.41, 5.74) is 4.71. The van der Waals surface area contributed by atoms with Gasteiger partial charge in [-0.2, -0.15) is 0 Å². The Bertz CT molecular complexity index is 542. The molecular formula is C23H39NO. The first-order valence-electron chi connectivity index (χ1n) is 10.2. The Morgan fingerprint density at radius 3 is 2.64 bits per heavy atom. The molecule has 0 radical (unpaired) electrons. The molecule has 0 spiro atoms. The fourth-order valence-electron chi connectivity index (χ4n) is 5.86. The van der Waals surface area contributed by atoms with Crippen molar-refractivity contribution in [3.8, 4) is 0 Å². The minimum absolute atomic E-state index is 0.442. The van der Waals surface area contributed by atoms with Crippen molar-refractivity contribution in [2.45, 2.75) is 92.4 Å². The Hall–Kier alpha value is -1.05. The van der Waals surface area contributed by atoms with Gasteiger partial charge in [-0.25, -0.2) is 0 Å². The number of hydrogen-bond donors (Lipinski definition) is 1. The Kier molecular flexibility index (Phi) is 6.56. The second kappa shape index (κ2) is 8.10. The van der Waals surface area contributed by atoms with Crippen molar-refractivity contribution >= 4 is 5.71 Å². The zero-order chi connectivity index (χ0) is 18.7. The summed E-state index contributed by atoms with van der Waals surface area (Å²) in [6.07, 6.45) is 13.3. The lowest BCUT2D eigenvalue weighted by Crippen LogP contribution is -2.49. The van der Waals surface area contributed by atoms with Crippen molar-refractivity contribution in [3.05, 3.63) is 23.8 Å². The standard InChI is InChI=1S/C23H39NO/c1-17(9-7-10-19(3)24-25)11-13-20-18(2)12-14-21-22(4,5)15-8-16-23(20,21)6/h9,20-21,25H,2,7-8,10-16H2,1,3-6H3/b17-9-,24-19-/t20-,21+,23+/m0/s1. The van der Waals surface area contributed by atoms with Crippen LogP contribution in [0.15, 0.2) is 29.0 Å². The van der Waals surface area contributed by atoms with Crippen LogP contribution < -0.4 is 0 Å². The summed E-state index contributed by atoms with van der Waals surface area (Å²) in [6, 6.07) is 0. The first kappa shape index (κ1) is 20.3. The van der Waals surface area contributed by atoms with Crippen LogP contribution in [0.2, 0.25) is 0 Å². The summed E-state index contributed by atoms with van der Waals surface area (Å²) < 4.78 is 0. The van der Waals surface area contributed by atoms with Gasteiger partial charge in [0.1, 0.15) is 0 Å². The molecule has 0 heterocycles. The highest BCUT2D eigenvalue weighted by Crippen LogP contribution is 2.61. The van der Waals surface area contributed by atoms with E-state index in [-0.39, 0.29) is 0 Å². The highest BCUT2D eigenvalue weighted by atomic mass is 16.4. The SMILES string of the molecule is C=C1CC[C@@H]2C(C)(C)CCC[C@]2(C)[C@H]1CC/C(C)=C\CC/C(C)=N\O. The molecule has 1 N–H and O–H groups in total. The smallest absolute Gasteiger partial charge is 0.0543 e. The number of oxime groups is 1. The summed E-state index contributed by atoms with van der Waals surface area (Å²) >= 11 is 0. The van der Waals surface area contributed by atoms with Gasteiger partial charge in [-0.05, 0) is 87.9 Å². The molecule has 2 aliphatic carbocycles. The maximum absolute atomic E-state index is 8.74. The molecule has 3 atom stereocenters. The molecule has 142 valence electrons. The summed E-state index contributed by atoms with van der Waals surface area (Å²) in [5.74, 6) is 1.52. The van der Waals surface area contributed by atoms with Gasteiger partial charge in [0.25, 0.3) is 0 Å². The molecule has 0 amide bonds.